The predicted octanol–water partition coefficient (Wildman–Crippen LogP) is 2.77. The summed E-state index contributed by atoms with van der Waals surface area (Å²) in [6, 6.07) is 22.1. The molecule has 2 rings (SSSR count). The van der Waals surface area contributed by atoms with Gasteiger partial charge < -0.3 is 5.32 Å². The van der Waals surface area contributed by atoms with Crippen molar-refractivity contribution in [1.29, 1.82) is 0 Å². The molecule has 18 heavy (non-hydrogen) atoms. The third kappa shape index (κ3) is 4.34. The standard InChI is InChI=1S/C17H21N/c1-15(12-13-16-8-4-2-5-9-16)18-14-17-10-6-3-7-11-17/h2-11,15,18H,12-14H2,1H3/p+1. The van der Waals surface area contributed by atoms with Crippen LogP contribution in [0.2, 0.25) is 0 Å². The second-order valence-corrected chi connectivity index (χ2v) is 4.93. The van der Waals surface area contributed by atoms with Crippen LogP contribution in [0, 0.1) is 0 Å². The van der Waals surface area contributed by atoms with Crippen molar-refractivity contribution in [1.82, 2.24) is 0 Å². The zero-order valence-corrected chi connectivity index (χ0v) is 11.0. The monoisotopic (exact) mass is 240 g/mol. The largest absolute Gasteiger partial charge is 0.340 e. The molecule has 0 amide bonds. The maximum Gasteiger partial charge on any atom is 0.101 e. The number of hydrogen-bond donors (Lipinski definition) is 1. The number of benzene rings is 2. The quantitative estimate of drug-likeness (QED) is 0.799. The van der Waals surface area contributed by atoms with Gasteiger partial charge >= 0.3 is 0 Å². The van der Waals surface area contributed by atoms with Crippen LogP contribution in [-0.4, -0.2) is 6.04 Å². The fourth-order valence-electron chi connectivity index (χ4n) is 2.11. The summed E-state index contributed by atoms with van der Waals surface area (Å²) in [5.41, 5.74) is 2.85. The number of hydrogen-bond acceptors (Lipinski definition) is 0. The number of quaternary nitrogens is 1. The van der Waals surface area contributed by atoms with E-state index in [0.29, 0.717) is 6.04 Å². The van der Waals surface area contributed by atoms with Gasteiger partial charge in [0, 0.05) is 12.0 Å². The molecule has 1 unspecified atom stereocenters. The zero-order valence-electron chi connectivity index (χ0n) is 11.0. The number of nitrogens with two attached hydrogens (primary N) is 1. The van der Waals surface area contributed by atoms with Crippen LogP contribution in [0.4, 0.5) is 0 Å². The Kier molecular flexibility index (Phi) is 4.98. The van der Waals surface area contributed by atoms with Crippen molar-refractivity contribution in [3.8, 4) is 0 Å². The summed E-state index contributed by atoms with van der Waals surface area (Å²) in [5, 5.41) is 2.43. The van der Waals surface area contributed by atoms with Crippen molar-refractivity contribution in [3.05, 3.63) is 71.8 Å². The first-order chi connectivity index (χ1) is 8.84. The Morgan fingerprint density at radius 3 is 2.00 bits per heavy atom. The molecule has 1 atom stereocenters. The zero-order chi connectivity index (χ0) is 12.6. The molecule has 0 spiro atoms. The average Bonchev–Trinajstić information content (AvgIpc) is 2.45. The Bertz CT molecular complexity index is 392. The SMILES string of the molecule is CC(CCc1ccccc1)[NH2+]Cc1ccccc1. The van der Waals surface area contributed by atoms with Gasteiger partial charge in [-0.05, 0) is 18.9 Å². The van der Waals surface area contributed by atoms with Gasteiger partial charge in [0.25, 0.3) is 0 Å². The summed E-state index contributed by atoms with van der Waals surface area (Å²) in [5.74, 6) is 0. The predicted molar refractivity (Wildman–Crippen MR) is 76.3 cm³/mol. The Hall–Kier alpha value is -1.60. The highest BCUT2D eigenvalue weighted by molar-refractivity contribution is 5.15. The molecule has 0 fully saturated rings. The maximum absolute atomic E-state index is 2.43. The summed E-state index contributed by atoms with van der Waals surface area (Å²) in [6.45, 7) is 3.39. The highest BCUT2D eigenvalue weighted by atomic mass is 14.9. The van der Waals surface area contributed by atoms with Gasteiger partial charge in [-0.15, -0.1) is 0 Å². The second-order valence-electron chi connectivity index (χ2n) is 4.93. The first-order valence-electron chi connectivity index (χ1n) is 6.76. The first-order valence-corrected chi connectivity index (χ1v) is 6.76. The minimum atomic E-state index is 0.672. The van der Waals surface area contributed by atoms with E-state index in [1.165, 1.54) is 24.0 Å². The lowest BCUT2D eigenvalue weighted by Crippen LogP contribution is -2.87. The second kappa shape index (κ2) is 6.97. The van der Waals surface area contributed by atoms with Crippen LogP contribution in [0.15, 0.2) is 60.7 Å². The fraction of sp³-hybridized carbons (Fsp3) is 0.294. The van der Waals surface area contributed by atoms with E-state index in [0.717, 1.165) is 6.54 Å². The number of aryl methyl sites for hydroxylation is 1. The third-order valence-corrected chi connectivity index (χ3v) is 3.33. The van der Waals surface area contributed by atoms with E-state index in [1.54, 1.807) is 0 Å². The van der Waals surface area contributed by atoms with Gasteiger partial charge in [-0.25, -0.2) is 0 Å². The molecule has 2 aromatic carbocycles. The van der Waals surface area contributed by atoms with Gasteiger partial charge in [0.1, 0.15) is 6.54 Å². The molecule has 0 saturated heterocycles. The fourth-order valence-corrected chi connectivity index (χ4v) is 2.11. The van der Waals surface area contributed by atoms with Gasteiger partial charge in [0.2, 0.25) is 0 Å². The van der Waals surface area contributed by atoms with Gasteiger partial charge in [0.05, 0.1) is 6.04 Å². The molecule has 0 aliphatic heterocycles. The van der Waals surface area contributed by atoms with E-state index in [4.69, 9.17) is 0 Å². The summed E-state index contributed by atoms with van der Waals surface area (Å²) >= 11 is 0. The molecule has 0 aliphatic carbocycles. The van der Waals surface area contributed by atoms with Crippen molar-refractivity contribution >= 4 is 0 Å². The molecule has 0 saturated carbocycles. The lowest BCUT2D eigenvalue weighted by atomic mass is 10.1. The van der Waals surface area contributed by atoms with Crippen LogP contribution < -0.4 is 5.32 Å². The molecule has 0 aromatic heterocycles. The van der Waals surface area contributed by atoms with E-state index >= 15 is 0 Å². The Balaban J connectivity index is 1.71. The van der Waals surface area contributed by atoms with E-state index < -0.39 is 0 Å². The van der Waals surface area contributed by atoms with Crippen LogP contribution in [-0.2, 0) is 13.0 Å². The van der Waals surface area contributed by atoms with Crippen molar-refractivity contribution in [2.75, 3.05) is 0 Å². The van der Waals surface area contributed by atoms with Gasteiger partial charge in [0.15, 0.2) is 0 Å². The van der Waals surface area contributed by atoms with E-state index in [-0.39, 0.29) is 0 Å². The number of rotatable bonds is 6. The normalized spacial score (nSPS) is 12.3. The Labute approximate surface area is 110 Å². The third-order valence-electron chi connectivity index (χ3n) is 3.33. The molecule has 2 aromatic rings. The molecule has 94 valence electrons. The molecule has 0 bridgehead atoms. The van der Waals surface area contributed by atoms with Crippen LogP contribution in [0.3, 0.4) is 0 Å². The van der Waals surface area contributed by atoms with Crippen LogP contribution >= 0.6 is 0 Å². The molecule has 0 aliphatic rings. The first kappa shape index (κ1) is 12.8. The van der Waals surface area contributed by atoms with Gasteiger partial charge in [-0.1, -0.05) is 60.7 Å². The minimum Gasteiger partial charge on any atom is -0.340 e. The molecule has 1 nitrogen and oxygen atoms in total. The Morgan fingerprint density at radius 1 is 0.833 bits per heavy atom. The van der Waals surface area contributed by atoms with Crippen molar-refractivity contribution < 1.29 is 5.32 Å². The maximum atomic E-state index is 2.43. The minimum absolute atomic E-state index is 0.672. The molecule has 0 heterocycles. The van der Waals surface area contributed by atoms with Crippen LogP contribution in [0.1, 0.15) is 24.5 Å². The van der Waals surface area contributed by atoms with Crippen molar-refractivity contribution in [2.24, 2.45) is 0 Å². The van der Waals surface area contributed by atoms with Crippen LogP contribution in [0.25, 0.3) is 0 Å². The summed E-state index contributed by atoms with van der Waals surface area (Å²) in [6.07, 6.45) is 2.41. The highest BCUT2D eigenvalue weighted by Gasteiger charge is 2.05. The lowest BCUT2D eigenvalue weighted by molar-refractivity contribution is -0.701. The molecule has 2 N–H and O–H groups in total. The summed E-state index contributed by atoms with van der Waals surface area (Å²) in [7, 11) is 0. The van der Waals surface area contributed by atoms with Gasteiger partial charge in [-0.3, -0.25) is 0 Å². The summed E-state index contributed by atoms with van der Waals surface area (Å²) in [4.78, 5) is 0. The topological polar surface area (TPSA) is 16.6 Å². The average molecular weight is 240 g/mol. The lowest BCUT2D eigenvalue weighted by Gasteiger charge is -2.10. The van der Waals surface area contributed by atoms with E-state index in [2.05, 4.69) is 72.9 Å². The highest BCUT2D eigenvalue weighted by Crippen LogP contribution is 2.03. The van der Waals surface area contributed by atoms with Crippen LogP contribution in [0.5, 0.6) is 0 Å². The van der Waals surface area contributed by atoms with Gasteiger partial charge in [-0.2, -0.15) is 0 Å². The van der Waals surface area contributed by atoms with Crippen molar-refractivity contribution in [2.45, 2.75) is 32.4 Å². The smallest absolute Gasteiger partial charge is 0.101 e. The van der Waals surface area contributed by atoms with E-state index in [9.17, 15) is 0 Å². The van der Waals surface area contributed by atoms with Crippen molar-refractivity contribution in [3.63, 3.8) is 0 Å². The molecular weight excluding hydrogens is 218 g/mol. The molecule has 1 heteroatoms. The molecule has 0 radical (unpaired) electrons. The Morgan fingerprint density at radius 2 is 1.39 bits per heavy atom. The molecular formula is C17H22N+. The summed E-state index contributed by atoms with van der Waals surface area (Å²) < 4.78 is 0. The van der Waals surface area contributed by atoms with E-state index in [1.807, 2.05) is 0 Å².